The molecule has 1 atom stereocenters. The molecular weight excluding hydrogens is 341 g/mol. The van der Waals surface area contributed by atoms with Crippen molar-refractivity contribution in [3.8, 4) is 0 Å². The van der Waals surface area contributed by atoms with Gasteiger partial charge in [-0.25, -0.2) is 0 Å². The maximum atomic E-state index is 12.5. The molecule has 2 nitrogen and oxygen atoms in total. The normalized spacial score (nSPS) is 12.0. The van der Waals surface area contributed by atoms with E-state index in [9.17, 15) is 4.79 Å². The van der Waals surface area contributed by atoms with Gasteiger partial charge >= 0.3 is 0 Å². The van der Waals surface area contributed by atoms with Crippen molar-refractivity contribution in [3.05, 3.63) is 68.7 Å². The number of hydrogen-bond acceptors (Lipinski definition) is 1. The Labute approximate surface area is 145 Å². The smallest absolute Gasteiger partial charge is 0.227 e. The van der Waals surface area contributed by atoms with Crippen molar-refractivity contribution in [2.45, 2.75) is 19.4 Å². The Hall–Kier alpha value is -1.22. The fourth-order valence-corrected chi connectivity index (χ4v) is 2.96. The van der Waals surface area contributed by atoms with Crippen molar-refractivity contribution < 1.29 is 4.79 Å². The van der Waals surface area contributed by atoms with Crippen LogP contribution >= 0.6 is 34.8 Å². The van der Waals surface area contributed by atoms with Gasteiger partial charge in [0.25, 0.3) is 0 Å². The summed E-state index contributed by atoms with van der Waals surface area (Å²) in [5.41, 5.74) is 1.68. The molecule has 0 saturated carbocycles. The molecule has 0 bridgehead atoms. The van der Waals surface area contributed by atoms with Crippen LogP contribution in [0.15, 0.2) is 42.5 Å². The topological polar surface area (TPSA) is 20.3 Å². The van der Waals surface area contributed by atoms with Crippen molar-refractivity contribution >= 4 is 40.7 Å². The first-order valence-corrected chi connectivity index (χ1v) is 7.97. The molecule has 0 radical (unpaired) electrons. The van der Waals surface area contributed by atoms with E-state index in [-0.39, 0.29) is 18.4 Å². The molecule has 2 aromatic rings. The summed E-state index contributed by atoms with van der Waals surface area (Å²) in [5, 5.41) is 1.73. The molecule has 2 aromatic carbocycles. The maximum absolute atomic E-state index is 12.5. The minimum absolute atomic E-state index is 0.0217. The number of amides is 1. The van der Waals surface area contributed by atoms with E-state index in [4.69, 9.17) is 34.8 Å². The van der Waals surface area contributed by atoms with Gasteiger partial charge in [0.15, 0.2) is 0 Å². The first-order valence-electron chi connectivity index (χ1n) is 6.84. The van der Waals surface area contributed by atoms with Gasteiger partial charge in [-0.05, 0) is 36.2 Å². The Morgan fingerprint density at radius 3 is 2.41 bits per heavy atom. The molecule has 0 aliphatic carbocycles. The summed E-state index contributed by atoms with van der Waals surface area (Å²) in [6.45, 7) is 1.93. The van der Waals surface area contributed by atoms with Crippen LogP contribution in [-0.2, 0) is 11.2 Å². The van der Waals surface area contributed by atoms with E-state index in [1.54, 1.807) is 30.1 Å². The van der Waals surface area contributed by atoms with Gasteiger partial charge in [-0.3, -0.25) is 4.79 Å². The molecule has 116 valence electrons. The van der Waals surface area contributed by atoms with Gasteiger partial charge in [0.2, 0.25) is 5.91 Å². The van der Waals surface area contributed by atoms with Gasteiger partial charge in [-0.1, -0.05) is 59.1 Å². The molecule has 0 N–H and O–H groups in total. The Morgan fingerprint density at radius 2 is 1.77 bits per heavy atom. The van der Waals surface area contributed by atoms with Crippen LogP contribution < -0.4 is 0 Å². The standard InChI is InChI=1S/C17H16Cl3NO/c1-11(14-8-7-13(18)10-16(14)20)21(2)17(22)9-12-5-3-4-6-15(12)19/h3-8,10-11H,9H2,1-2H3. The second-order valence-electron chi connectivity index (χ2n) is 5.11. The zero-order valence-electron chi connectivity index (χ0n) is 12.3. The second kappa shape index (κ2) is 7.36. The van der Waals surface area contributed by atoms with E-state index in [1.807, 2.05) is 31.2 Å². The van der Waals surface area contributed by atoms with Crippen LogP contribution in [0.1, 0.15) is 24.1 Å². The molecule has 0 saturated heterocycles. The van der Waals surface area contributed by atoms with Crippen LogP contribution in [-0.4, -0.2) is 17.9 Å². The summed E-state index contributed by atoms with van der Waals surface area (Å²) < 4.78 is 0. The lowest BCUT2D eigenvalue weighted by atomic mass is 10.1. The number of rotatable bonds is 4. The van der Waals surface area contributed by atoms with E-state index < -0.39 is 0 Å². The number of hydrogen-bond donors (Lipinski definition) is 0. The highest BCUT2D eigenvalue weighted by Gasteiger charge is 2.20. The summed E-state index contributed by atoms with van der Waals surface area (Å²) in [6.07, 6.45) is 0.256. The Morgan fingerprint density at radius 1 is 1.09 bits per heavy atom. The van der Waals surface area contributed by atoms with Crippen LogP contribution in [0.5, 0.6) is 0 Å². The molecule has 0 aliphatic heterocycles. The van der Waals surface area contributed by atoms with Gasteiger partial charge in [0, 0.05) is 22.1 Å². The molecule has 1 unspecified atom stereocenters. The monoisotopic (exact) mass is 355 g/mol. The lowest BCUT2D eigenvalue weighted by molar-refractivity contribution is -0.131. The molecule has 0 heterocycles. The van der Waals surface area contributed by atoms with Gasteiger partial charge in [0.1, 0.15) is 0 Å². The average molecular weight is 357 g/mol. The Bertz CT molecular complexity index is 687. The zero-order chi connectivity index (χ0) is 16.3. The van der Waals surface area contributed by atoms with Crippen molar-refractivity contribution in [3.63, 3.8) is 0 Å². The predicted octanol–water partition coefficient (Wildman–Crippen LogP) is 5.41. The van der Waals surface area contributed by atoms with Crippen molar-refractivity contribution in [1.82, 2.24) is 4.90 Å². The maximum Gasteiger partial charge on any atom is 0.227 e. The minimum Gasteiger partial charge on any atom is -0.339 e. The second-order valence-corrected chi connectivity index (χ2v) is 6.37. The van der Waals surface area contributed by atoms with Crippen LogP contribution in [0.2, 0.25) is 15.1 Å². The van der Waals surface area contributed by atoms with Crippen molar-refractivity contribution in [2.75, 3.05) is 7.05 Å². The number of halogens is 3. The largest absolute Gasteiger partial charge is 0.339 e. The number of carbonyl (C=O) groups excluding carboxylic acids is 1. The minimum atomic E-state index is -0.153. The van der Waals surface area contributed by atoms with Crippen LogP contribution in [0.3, 0.4) is 0 Å². The fourth-order valence-electron chi connectivity index (χ4n) is 2.19. The molecule has 0 aromatic heterocycles. The molecule has 5 heteroatoms. The lowest BCUT2D eigenvalue weighted by Gasteiger charge is -2.26. The first kappa shape index (κ1) is 17.1. The van der Waals surface area contributed by atoms with E-state index in [0.717, 1.165) is 11.1 Å². The summed E-state index contributed by atoms with van der Waals surface area (Å²) in [7, 11) is 1.76. The molecule has 22 heavy (non-hydrogen) atoms. The third-order valence-electron chi connectivity index (χ3n) is 3.69. The molecule has 0 spiro atoms. The third-order valence-corrected chi connectivity index (χ3v) is 4.62. The number of carbonyl (C=O) groups is 1. The van der Waals surface area contributed by atoms with Crippen LogP contribution in [0.4, 0.5) is 0 Å². The first-order chi connectivity index (χ1) is 10.4. The average Bonchev–Trinajstić information content (AvgIpc) is 2.48. The lowest BCUT2D eigenvalue weighted by Crippen LogP contribution is -2.31. The number of benzene rings is 2. The molecule has 0 fully saturated rings. The summed E-state index contributed by atoms with van der Waals surface area (Å²) in [6, 6.07) is 12.5. The third kappa shape index (κ3) is 3.95. The fraction of sp³-hybridized carbons (Fsp3) is 0.235. The zero-order valence-corrected chi connectivity index (χ0v) is 14.6. The van der Waals surface area contributed by atoms with Gasteiger partial charge in [0.05, 0.1) is 12.5 Å². The molecule has 0 aliphatic rings. The Kier molecular flexibility index (Phi) is 5.74. The van der Waals surface area contributed by atoms with E-state index in [2.05, 4.69) is 0 Å². The summed E-state index contributed by atoms with van der Waals surface area (Å²) in [5.74, 6) is -0.0217. The molecule has 2 rings (SSSR count). The highest BCUT2D eigenvalue weighted by Crippen LogP contribution is 2.29. The summed E-state index contributed by atoms with van der Waals surface area (Å²) >= 11 is 18.2. The van der Waals surface area contributed by atoms with Crippen LogP contribution in [0.25, 0.3) is 0 Å². The number of likely N-dealkylation sites (N-methyl/N-ethyl adjacent to an activating group) is 1. The van der Waals surface area contributed by atoms with E-state index in [1.165, 1.54) is 0 Å². The quantitative estimate of drug-likeness (QED) is 0.717. The van der Waals surface area contributed by atoms with E-state index in [0.29, 0.717) is 15.1 Å². The van der Waals surface area contributed by atoms with Gasteiger partial charge in [-0.15, -0.1) is 0 Å². The highest BCUT2D eigenvalue weighted by atomic mass is 35.5. The van der Waals surface area contributed by atoms with E-state index >= 15 is 0 Å². The molecule has 1 amide bonds. The number of nitrogens with zero attached hydrogens (tertiary/aromatic N) is 1. The van der Waals surface area contributed by atoms with Crippen molar-refractivity contribution in [1.29, 1.82) is 0 Å². The van der Waals surface area contributed by atoms with Gasteiger partial charge < -0.3 is 4.90 Å². The SMILES string of the molecule is CC(c1ccc(Cl)cc1Cl)N(C)C(=O)Cc1ccccc1Cl. The van der Waals surface area contributed by atoms with Gasteiger partial charge in [-0.2, -0.15) is 0 Å². The van der Waals surface area contributed by atoms with Crippen LogP contribution in [0, 0.1) is 0 Å². The Balaban J connectivity index is 2.14. The molecular formula is C17H16Cl3NO. The highest BCUT2D eigenvalue weighted by molar-refractivity contribution is 6.35. The predicted molar refractivity (Wildman–Crippen MR) is 92.8 cm³/mol. The summed E-state index contributed by atoms with van der Waals surface area (Å²) in [4.78, 5) is 14.1. The van der Waals surface area contributed by atoms with Crippen molar-refractivity contribution in [2.24, 2.45) is 0 Å².